The lowest BCUT2D eigenvalue weighted by atomic mass is 10.1. The molecule has 0 spiro atoms. The van der Waals surface area contributed by atoms with Crippen molar-refractivity contribution in [3.05, 3.63) is 47.6 Å². The minimum Gasteiger partial charge on any atom is -0.376 e. The average Bonchev–Trinajstić information content (AvgIpc) is 3.08. The molecule has 2 aromatic rings. The zero-order chi connectivity index (χ0) is 17.7. The van der Waals surface area contributed by atoms with Gasteiger partial charge in [0, 0.05) is 13.0 Å². The first-order valence-electron chi connectivity index (χ1n) is 8.45. The Morgan fingerprint density at radius 3 is 2.84 bits per heavy atom. The van der Waals surface area contributed by atoms with Gasteiger partial charge in [0.25, 0.3) is 0 Å². The molecule has 1 fully saturated rings. The quantitative estimate of drug-likeness (QED) is 0.700. The van der Waals surface area contributed by atoms with Gasteiger partial charge in [-0.15, -0.1) is 0 Å². The zero-order valence-electron chi connectivity index (χ0n) is 14.3. The van der Waals surface area contributed by atoms with E-state index in [0.717, 1.165) is 18.4 Å². The Kier molecular flexibility index (Phi) is 5.82. The summed E-state index contributed by atoms with van der Waals surface area (Å²) in [7, 11) is -3.28. The van der Waals surface area contributed by atoms with E-state index in [4.69, 9.17) is 9.26 Å². The number of ether oxygens (including phenoxy) is 1. The topological polar surface area (TPSA) is 85.5 Å². The van der Waals surface area contributed by atoms with Gasteiger partial charge < -0.3 is 9.26 Å². The van der Waals surface area contributed by atoms with Crippen LogP contribution in [0.1, 0.15) is 42.6 Å². The SMILES string of the molecule is CS(=O)(=O)N1CCCCC1c1nc(CCOCc2ccccc2)no1. The van der Waals surface area contributed by atoms with Crippen molar-refractivity contribution in [2.45, 2.75) is 38.3 Å². The zero-order valence-corrected chi connectivity index (χ0v) is 15.1. The molecule has 1 unspecified atom stereocenters. The number of aromatic nitrogens is 2. The van der Waals surface area contributed by atoms with E-state index in [1.165, 1.54) is 10.6 Å². The van der Waals surface area contributed by atoms with Gasteiger partial charge in [0.05, 0.1) is 19.5 Å². The summed E-state index contributed by atoms with van der Waals surface area (Å²) in [5, 5.41) is 3.96. The van der Waals surface area contributed by atoms with Crippen LogP contribution >= 0.6 is 0 Å². The van der Waals surface area contributed by atoms with Gasteiger partial charge in [0.1, 0.15) is 6.04 Å². The first-order chi connectivity index (χ1) is 12.0. The van der Waals surface area contributed by atoms with Crippen molar-refractivity contribution >= 4 is 10.0 Å². The van der Waals surface area contributed by atoms with Crippen molar-refractivity contribution in [1.29, 1.82) is 0 Å². The number of hydrogen-bond acceptors (Lipinski definition) is 6. The van der Waals surface area contributed by atoms with Crippen LogP contribution in [0, 0.1) is 0 Å². The molecule has 0 bridgehead atoms. The van der Waals surface area contributed by atoms with Crippen molar-refractivity contribution in [1.82, 2.24) is 14.4 Å². The molecule has 3 rings (SSSR count). The van der Waals surface area contributed by atoms with E-state index in [-0.39, 0.29) is 6.04 Å². The van der Waals surface area contributed by atoms with Gasteiger partial charge in [-0.3, -0.25) is 0 Å². The molecule has 8 heteroatoms. The molecule has 0 N–H and O–H groups in total. The molecule has 1 aliphatic rings. The van der Waals surface area contributed by atoms with Crippen LogP contribution in [0.4, 0.5) is 0 Å². The fourth-order valence-electron chi connectivity index (χ4n) is 2.98. The highest BCUT2D eigenvalue weighted by Crippen LogP contribution is 2.31. The van der Waals surface area contributed by atoms with Gasteiger partial charge in [0.15, 0.2) is 5.82 Å². The van der Waals surface area contributed by atoms with Crippen molar-refractivity contribution in [2.24, 2.45) is 0 Å². The molecule has 1 aromatic heterocycles. The van der Waals surface area contributed by atoms with Crippen LogP contribution in [-0.2, 0) is 27.8 Å². The van der Waals surface area contributed by atoms with Gasteiger partial charge in [0.2, 0.25) is 15.9 Å². The Morgan fingerprint density at radius 2 is 2.08 bits per heavy atom. The van der Waals surface area contributed by atoms with Crippen molar-refractivity contribution in [3.8, 4) is 0 Å². The Hall–Kier alpha value is -1.77. The first kappa shape index (κ1) is 18.0. The number of rotatable bonds is 7. The lowest BCUT2D eigenvalue weighted by molar-refractivity contribution is 0.122. The summed E-state index contributed by atoms with van der Waals surface area (Å²) >= 11 is 0. The Labute approximate surface area is 148 Å². The second-order valence-corrected chi connectivity index (χ2v) is 8.16. The van der Waals surface area contributed by atoms with Crippen molar-refractivity contribution < 1.29 is 17.7 Å². The number of sulfonamides is 1. The van der Waals surface area contributed by atoms with E-state index in [9.17, 15) is 8.42 Å². The highest BCUT2D eigenvalue weighted by molar-refractivity contribution is 7.88. The average molecular weight is 365 g/mol. The maximum absolute atomic E-state index is 11.9. The summed E-state index contributed by atoms with van der Waals surface area (Å²) in [4.78, 5) is 4.38. The lowest BCUT2D eigenvalue weighted by Gasteiger charge is -2.30. The van der Waals surface area contributed by atoms with Crippen LogP contribution in [0.3, 0.4) is 0 Å². The number of hydrogen-bond donors (Lipinski definition) is 0. The molecule has 25 heavy (non-hydrogen) atoms. The molecular formula is C17H23N3O4S. The fraction of sp³-hybridized carbons (Fsp3) is 0.529. The summed E-state index contributed by atoms with van der Waals surface area (Å²) < 4.78 is 36.3. The molecule has 0 aliphatic carbocycles. The Balaban J connectivity index is 1.54. The second kappa shape index (κ2) is 8.07. The van der Waals surface area contributed by atoms with E-state index in [2.05, 4.69) is 10.1 Å². The predicted octanol–water partition coefficient (Wildman–Crippen LogP) is 2.32. The third kappa shape index (κ3) is 4.87. The third-order valence-electron chi connectivity index (χ3n) is 4.23. The van der Waals surface area contributed by atoms with Gasteiger partial charge in [-0.1, -0.05) is 41.9 Å². The number of piperidine rings is 1. The highest BCUT2D eigenvalue weighted by atomic mass is 32.2. The summed E-state index contributed by atoms with van der Waals surface area (Å²) in [5.41, 5.74) is 1.11. The molecule has 2 heterocycles. The van der Waals surface area contributed by atoms with Crippen LogP contribution in [-0.4, -0.2) is 42.3 Å². The van der Waals surface area contributed by atoms with Crippen molar-refractivity contribution in [3.63, 3.8) is 0 Å². The summed E-state index contributed by atoms with van der Waals surface area (Å²) in [6.45, 7) is 1.52. The molecule has 1 aromatic carbocycles. The maximum atomic E-state index is 11.9. The third-order valence-corrected chi connectivity index (χ3v) is 5.52. The largest absolute Gasteiger partial charge is 0.376 e. The smallest absolute Gasteiger partial charge is 0.245 e. The molecule has 1 atom stereocenters. The fourth-order valence-corrected chi connectivity index (χ4v) is 4.10. The standard InChI is InChI=1S/C17H23N3O4S/c1-25(21,22)20-11-6-5-9-15(20)17-18-16(19-24-17)10-12-23-13-14-7-3-2-4-8-14/h2-4,7-8,15H,5-6,9-13H2,1H3. The molecule has 0 amide bonds. The lowest BCUT2D eigenvalue weighted by Crippen LogP contribution is -2.37. The molecule has 0 radical (unpaired) electrons. The van der Waals surface area contributed by atoms with E-state index in [0.29, 0.717) is 44.3 Å². The van der Waals surface area contributed by atoms with Crippen LogP contribution in [0.2, 0.25) is 0 Å². The molecular weight excluding hydrogens is 342 g/mol. The van der Waals surface area contributed by atoms with E-state index in [1.54, 1.807) is 0 Å². The van der Waals surface area contributed by atoms with Crippen LogP contribution < -0.4 is 0 Å². The monoisotopic (exact) mass is 365 g/mol. The summed E-state index contributed by atoms with van der Waals surface area (Å²) in [6.07, 6.45) is 4.27. The molecule has 7 nitrogen and oxygen atoms in total. The van der Waals surface area contributed by atoms with Gasteiger partial charge >= 0.3 is 0 Å². The number of benzene rings is 1. The van der Waals surface area contributed by atoms with Crippen LogP contribution in [0.15, 0.2) is 34.9 Å². The minimum absolute atomic E-state index is 0.352. The van der Waals surface area contributed by atoms with E-state index >= 15 is 0 Å². The highest BCUT2D eigenvalue weighted by Gasteiger charge is 2.34. The maximum Gasteiger partial charge on any atom is 0.245 e. The van der Waals surface area contributed by atoms with Crippen LogP contribution in [0.25, 0.3) is 0 Å². The van der Waals surface area contributed by atoms with Gasteiger partial charge in [-0.2, -0.15) is 9.29 Å². The normalized spacial score (nSPS) is 19.2. The Bertz CT molecular complexity index is 776. The first-order valence-corrected chi connectivity index (χ1v) is 10.3. The van der Waals surface area contributed by atoms with Crippen LogP contribution in [0.5, 0.6) is 0 Å². The van der Waals surface area contributed by atoms with E-state index < -0.39 is 10.0 Å². The van der Waals surface area contributed by atoms with E-state index in [1.807, 2.05) is 30.3 Å². The molecule has 1 saturated heterocycles. The number of nitrogens with zero attached hydrogens (tertiary/aromatic N) is 3. The molecule has 1 aliphatic heterocycles. The summed E-state index contributed by atoms with van der Waals surface area (Å²) in [6, 6.07) is 9.58. The molecule has 136 valence electrons. The Morgan fingerprint density at radius 1 is 1.28 bits per heavy atom. The van der Waals surface area contributed by atoms with Crippen molar-refractivity contribution in [2.75, 3.05) is 19.4 Å². The molecule has 0 saturated carbocycles. The minimum atomic E-state index is -3.28. The van der Waals surface area contributed by atoms with Gasteiger partial charge in [-0.25, -0.2) is 8.42 Å². The summed E-state index contributed by atoms with van der Waals surface area (Å²) in [5.74, 6) is 0.922. The van der Waals surface area contributed by atoms with Gasteiger partial charge in [-0.05, 0) is 18.4 Å². The predicted molar refractivity (Wildman–Crippen MR) is 92.2 cm³/mol. The second-order valence-electron chi connectivity index (χ2n) is 6.22.